The van der Waals surface area contributed by atoms with Crippen LogP contribution in [-0.4, -0.2) is 106 Å². The lowest BCUT2D eigenvalue weighted by Crippen LogP contribution is -2.61. The van der Waals surface area contributed by atoms with E-state index in [9.17, 15) is 30.3 Å². The molecule has 0 aliphatic carbocycles. The van der Waals surface area contributed by atoms with Crippen LogP contribution in [0.2, 0.25) is 0 Å². The molecule has 23 heavy (non-hydrogen) atoms. The van der Waals surface area contributed by atoms with E-state index >= 15 is 0 Å². The highest BCUT2D eigenvalue weighted by atomic mass is 16.7. The third-order valence-electron chi connectivity index (χ3n) is 3.67. The topological polar surface area (TPSA) is 166 Å². The van der Waals surface area contributed by atoms with Gasteiger partial charge >= 0.3 is 0 Å². The summed E-state index contributed by atoms with van der Waals surface area (Å²) in [5.41, 5.74) is 0. The molecule has 0 aromatic heterocycles. The van der Waals surface area contributed by atoms with E-state index in [0.29, 0.717) is 6.29 Å². The third-order valence-corrected chi connectivity index (χ3v) is 3.67. The van der Waals surface area contributed by atoms with Crippen LogP contribution in [0.4, 0.5) is 0 Å². The monoisotopic (exact) mass is 340 g/mol. The van der Waals surface area contributed by atoms with Gasteiger partial charge in [0.05, 0.1) is 19.3 Å². The van der Waals surface area contributed by atoms with Gasteiger partial charge in [-0.05, 0) is 0 Å². The molecule has 1 aliphatic heterocycles. The molecule has 10 heteroatoms. The first-order valence-electron chi connectivity index (χ1n) is 7.12. The Kier molecular flexibility index (Phi) is 8.47. The molecule has 136 valence electrons. The second-order valence-corrected chi connectivity index (χ2v) is 5.23. The zero-order valence-corrected chi connectivity index (χ0v) is 12.6. The lowest BCUT2D eigenvalue weighted by Gasteiger charge is -2.43. The summed E-state index contributed by atoms with van der Waals surface area (Å²) in [6.07, 6.45) is -11.0. The van der Waals surface area contributed by atoms with E-state index in [1.165, 1.54) is 7.11 Å². The highest BCUT2D eigenvalue weighted by molar-refractivity contribution is 5.50. The average molecular weight is 340 g/mol. The molecule has 0 aromatic rings. The fourth-order valence-electron chi connectivity index (χ4n) is 2.39. The molecule has 0 saturated carbocycles. The fraction of sp³-hybridized carbons (Fsp3) is 0.923. The quantitative estimate of drug-likeness (QED) is 0.229. The van der Waals surface area contributed by atoms with Crippen molar-refractivity contribution >= 4 is 6.29 Å². The van der Waals surface area contributed by atoms with Gasteiger partial charge in [-0.3, -0.25) is 0 Å². The van der Waals surface area contributed by atoms with Crippen LogP contribution in [0.25, 0.3) is 0 Å². The van der Waals surface area contributed by atoms with Crippen molar-refractivity contribution in [2.75, 3.05) is 20.3 Å². The highest BCUT2D eigenvalue weighted by Crippen LogP contribution is 2.26. The standard InChI is InChI=1S/C13H24O10/c1-21-12-8(5-16)22-13(10(20)9(12)19)23-11(7(18)4-15)6(17)2-3-14/h3,6-13,15-20H,2,4-5H2,1H3/t6?,7-,8?,9?,10-,11?,12?,13-/m1/s1. The second kappa shape index (κ2) is 9.57. The number of rotatable bonds is 9. The molecule has 0 bridgehead atoms. The van der Waals surface area contributed by atoms with Crippen molar-refractivity contribution in [2.24, 2.45) is 0 Å². The number of ether oxygens (including phenoxy) is 3. The van der Waals surface area contributed by atoms with Crippen molar-refractivity contribution in [3.05, 3.63) is 0 Å². The van der Waals surface area contributed by atoms with Gasteiger partial charge in [0.2, 0.25) is 0 Å². The minimum atomic E-state index is -1.60. The molecule has 1 aliphatic rings. The van der Waals surface area contributed by atoms with Crippen molar-refractivity contribution in [3.8, 4) is 0 Å². The summed E-state index contributed by atoms with van der Waals surface area (Å²) in [5.74, 6) is 0. The molecule has 5 unspecified atom stereocenters. The van der Waals surface area contributed by atoms with Crippen molar-refractivity contribution in [3.63, 3.8) is 0 Å². The van der Waals surface area contributed by atoms with E-state index in [0.717, 1.165) is 0 Å². The minimum Gasteiger partial charge on any atom is -0.394 e. The molecule has 10 nitrogen and oxygen atoms in total. The number of hydrogen-bond acceptors (Lipinski definition) is 10. The average Bonchev–Trinajstić information content (AvgIpc) is 2.55. The number of hydrogen-bond donors (Lipinski definition) is 6. The van der Waals surface area contributed by atoms with Crippen molar-refractivity contribution < 1.29 is 49.6 Å². The molecule has 1 rings (SSSR count). The predicted octanol–water partition coefficient (Wildman–Crippen LogP) is -3.87. The zero-order chi connectivity index (χ0) is 17.6. The Hall–Kier alpha value is -0.690. The van der Waals surface area contributed by atoms with Gasteiger partial charge in [-0.15, -0.1) is 0 Å². The Morgan fingerprint density at radius 2 is 1.83 bits per heavy atom. The second-order valence-electron chi connectivity index (χ2n) is 5.23. The summed E-state index contributed by atoms with van der Waals surface area (Å²) in [4.78, 5) is 10.5. The number of aliphatic hydroxyl groups excluding tert-OH is 6. The van der Waals surface area contributed by atoms with Crippen LogP contribution in [0.1, 0.15) is 6.42 Å². The summed E-state index contributed by atoms with van der Waals surface area (Å²) in [7, 11) is 1.26. The van der Waals surface area contributed by atoms with Gasteiger partial charge in [-0.25, -0.2) is 0 Å². The van der Waals surface area contributed by atoms with Crippen molar-refractivity contribution in [1.82, 2.24) is 0 Å². The Labute approximate surface area is 132 Å². The third kappa shape index (κ3) is 4.89. The summed E-state index contributed by atoms with van der Waals surface area (Å²) < 4.78 is 15.5. The largest absolute Gasteiger partial charge is 0.394 e. The van der Waals surface area contributed by atoms with Gasteiger partial charge in [0.25, 0.3) is 0 Å². The highest BCUT2D eigenvalue weighted by Gasteiger charge is 2.47. The normalized spacial score (nSPS) is 35.5. The van der Waals surface area contributed by atoms with Crippen LogP contribution in [0.3, 0.4) is 0 Å². The zero-order valence-electron chi connectivity index (χ0n) is 12.6. The Morgan fingerprint density at radius 3 is 2.30 bits per heavy atom. The number of carbonyl (C=O) groups excluding carboxylic acids is 1. The summed E-state index contributed by atoms with van der Waals surface area (Å²) in [6, 6.07) is 0. The number of aliphatic hydroxyl groups is 6. The number of methoxy groups -OCH3 is 1. The maximum Gasteiger partial charge on any atom is 0.187 e. The van der Waals surface area contributed by atoms with Gasteiger partial charge < -0.3 is 49.6 Å². The Balaban J connectivity index is 2.87. The first-order valence-corrected chi connectivity index (χ1v) is 7.12. The van der Waals surface area contributed by atoms with Crippen molar-refractivity contribution in [2.45, 2.75) is 55.4 Å². The van der Waals surface area contributed by atoms with E-state index in [2.05, 4.69) is 0 Å². The molecular weight excluding hydrogens is 316 g/mol. The first-order chi connectivity index (χ1) is 10.9. The van der Waals surface area contributed by atoms with Crippen LogP contribution in [0, 0.1) is 0 Å². The molecule has 6 N–H and O–H groups in total. The van der Waals surface area contributed by atoms with E-state index in [-0.39, 0.29) is 6.42 Å². The molecular formula is C13H24O10. The minimum absolute atomic E-state index is 0.378. The van der Waals surface area contributed by atoms with Crippen LogP contribution >= 0.6 is 0 Å². The molecule has 8 atom stereocenters. The van der Waals surface area contributed by atoms with Gasteiger partial charge in [0.15, 0.2) is 6.29 Å². The van der Waals surface area contributed by atoms with Crippen molar-refractivity contribution in [1.29, 1.82) is 0 Å². The smallest absolute Gasteiger partial charge is 0.187 e. The molecule has 0 spiro atoms. The van der Waals surface area contributed by atoms with Gasteiger partial charge in [0.1, 0.15) is 42.9 Å². The summed E-state index contributed by atoms with van der Waals surface area (Å²) >= 11 is 0. The van der Waals surface area contributed by atoms with Gasteiger partial charge in [-0.2, -0.15) is 0 Å². The summed E-state index contributed by atoms with van der Waals surface area (Å²) in [5, 5.41) is 57.8. The Bertz CT molecular complexity index is 352. The fourth-order valence-corrected chi connectivity index (χ4v) is 2.39. The lowest BCUT2D eigenvalue weighted by atomic mass is 9.98. The van der Waals surface area contributed by atoms with E-state index in [1.54, 1.807) is 0 Å². The van der Waals surface area contributed by atoms with Crippen LogP contribution in [0.15, 0.2) is 0 Å². The van der Waals surface area contributed by atoms with E-state index in [1.807, 2.05) is 0 Å². The van der Waals surface area contributed by atoms with Crippen LogP contribution in [0.5, 0.6) is 0 Å². The summed E-state index contributed by atoms with van der Waals surface area (Å²) in [6.45, 7) is -1.30. The van der Waals surface area contributed by atoms with Gasteiger partial charge in [0, 0.05) is 13.5 Å². The predicted molar refractivity (Wildman–Crippen MR) is 73.2 cm³/mol. The lowest BCUT2D eigenvalue weighted by molar-refractivity contribution is -0.326. The molecule has 0 amide bonds. The maximum absolute atomic E-state index is 10.5. The maximum atomic E-state index is 10.5. The van der Waals surface area contributed by atoms with Crippen LogP contribution in [-0.2, 0) is 19.0 Å². The first kappa shape index (κ1) is 20.4. The van der Waals surface area contributed by atoms with Gasteiger partial charge in [-0.1, -0.05) is 0 Å². The molecule has 0 radical (unpaired) electrons. The Morgan fingerprint density at radius 1 is 1.17 bits per heavy atom. The SMILES string of the molecule is COC1C(CO)O[C@H](OC(C(O)CC=O)[C@H](O)CO)[C@H](O)C1O. The molecule has 0 aromatic carbocycles. The molecule has 1 heterocycles. The molecule has 1 fully saturated rings. The number of aldehydes is 1. The molecule has 1 saturated heterocycles. The van der Waals surface area contributed by atoms with E-state index in [4.69, 9.17) is 19.3 Å². The van der Waals surface area contributed by atoms with E-state index < -0.39 is 62.2 Å². The van der Waals surface area contributed by atoms with Crippen LogP contribution < -0.4 is 0 Å². The number of carbonyl (C=O) groups is 1.